The van der Waals surface area contributed by atoms with E-state index in [2.05, 4.69) is 48.1 Å². The first-order chi connectivity index (χ1) is 7.48. The summed E-state index contributed by atoms with van der Waals surface area (Å²) in [5.74, 6) is 0. The van der Waals surface area contributed by atoms with Crippen LogP contribution in [0.1, 0.15) is 38.5 Å². The monoisotopic (exact) mass is 305 g/mol. The van der Waals surface area contributed by atoms with Crippen LogP contribution in [0.5, 0.6) is 5.06 Å². The summed E-state index contributed by atoms with van der Waals surface area (Å²) < 4.78 is 6.30. The van der Waals surface area contributed by atoms with E-state index in [0.29, 0.717) is 0 Å². The van der Waals surface area contributed by atoms with Crippen LogP contribution < -0.4 is 10.1 Å². The molecule has 0 bridgehead atoms. The Bertz CT molecular complexity index is 336. The molecule has 1 heterocycles. The Balaban J connectivity index is 2.54. The standard InChI is InChI=1S/C12H20BrNOS/c1-5-6-12(2,3)14-8-9-7-10(13)11(15-4)16-9/h7,14H,5-6,8H2,1-4H3. The van der Waals surface area contributed by atoms with Crippen LogP contribution in [-0.4, -0.2) is 12.6 Å². The Morgan fingerprint density at radius 1 is 1.50 bits per heavy atom. The highest BCUT2D eigenvalue weighted by atomic mass is 79.9. The first-order valence-electron chi connectivity index (χ1n) is 5.55. The number of nitrogens with one attached hydrogen (secondary N) is 1. The van der Waals surface area contributed by atoms with Gasteiger partial charge in [-0.15, -0.1) is 11.3 Å². The fourth-order valence-electron chi connectivity index (χ4n) is 1.66. The molecule has 4 heteroatoms. The molecular formula is C12H20BrNOS. The molecule has 0 aliphatic heterocycles. The van der Waals surface area contributed by atoms with E-state index in [1.54, 1.807) is 18.4 Å². The van der Waals surface area contributed by atoms with Crippen LogP contribution in [0.2, 0.25) is 0 Å². The van der Waals surface area contributed by atoms with Gasteiger partial charge in [-0.05, 0) is 42.3 Å². The molecule has 0 amide bonds. The van der Waals surface area contributed by atoms with Crippen molar-refractivity contribution in [2.45, 2.75) is 45.7 Å². The predicted molar refractivity (Wildman–Crippen MR) is 74.4 cm³/mol. The Labute approximate surface area is 111 Å². The van der Waals surface area contributed by atoms with Gasteiger partial charge in [0.2, 0.25) is 0 Å². The number of halogens is 1. The topological polar surface area (TPSA) is 21.3 Å². The van der Waals surface area contributed by atoms with Crippen LogP contribution in [0.15, 0.2) is 10.5 Å². The summed E-state index contributed by atoms with van der Waals surface area (Å²) >= 11 is 5.17. The van der Waals surface area contributed by atoms with Gasteiger partial charge in [-0.3, -0.25) is 0 Å². The molecule has 92 valence electrons. The van der Waals surface area contributed by atoms with Gasteiger partial charge in [-0.2, -0.15) is 0 Å². The fourth-order valence-corrected chi connectivity index (χ4v) is 3.30. The lowest BCUT2D eigenvalue weighted by Gasteiger charge is -2.25. The molecule has 2 nitrogen and oxygen atoms in total. The van der Waals surface area contributed by atoms with E-state index in [1.165, 1.54) is 17.7 Å². The van der Waals surface area contributed by atoms with E-state index >= 15 is 0 Å². The largest absolute Gasteiger partial charge is 0.486 e. The number of hydrogen-bond donors (Lipinski definition) is 1. The van der Waals surface area contributed by atoms with Gasteiger partial charge in [0.15, 0.2) is 5.06 Å². The van der Waals surface area contributed by atoms with Crippen molar-refractivity contribution in [1.29, 1.82) is 0 Å². The summed E-state index contributed by atoms with van der Waals surface area (Å²) in [7, 11) is 1.70. The maximum absolute atomic E-state index is 5.25. The molecule has 1 rings (SSSR count). The zero-order valence-electron chi connectivity index (χ0n) is 10.4. The molecule has 16 heavy (non-hydrogen) atoms. The van der Waals surface area contributed by atoms with E-state index in [-0.39, 0.29) is 5.54 Å². The zero-order chi connectivity index (χ0) is 12.2. The van der Waals surface area contributed by atoms with Crippen molar-refractivity contribution < 1.29 is 4.74 Å². The van der Waals surface area contributed by atoms with E-state index in [4.69, 9.17) is 4.74 Å². The molecule has 1 aromatic rings. The molecule has 0 saturated carbocycles. The number of hydrogen-bond acceptors (Lipinski definition) is 3. The van der Waals surface area contributed by atoms with Gasteiger partial charge in [0.05, 0.1) is 11.6 Å². The summed E-state index contributed by atoms with van der Waals surface area (Å²) in [6.45, 7) is 7.61. The third kappa shape index (κ3) is 4.07. The van der Waals surface area contributed by atoms with Gasteiger partial charge in [0.1, 0.15) is 0 Å². The number of ether oxygens (including phenoxy) is 1. The minimum atomic E-state index is 0.207. The average Bonchev–Trinajstić information content (AvgIpc) is 2.56. The Hall–Kier alpha value is -0.0600. The van der Waals surface area contributed by atoms with Crippen molar-refractivity contribution in [3.63, 3.8) is 0 Å². The molecule has 0 aliphatic rings. The zero-order valence-corrected chi connectivity index (χ0v) is 12.8. The fraction of sp³-hybridized carbons (Fsp3) is 0.667. The summed E-state index contributed by atoms with van der Waals surface area (Å²) in [6, 6.07) is 2.12. The van der Waals surface area contributed by atoms with Crippen LogP contribution in [0.3, 0.4) is 0 Å². The maximum atomic E-state index is 5.25. The molecule has 0 spiro atoms. The second-order valence-electron chi connectivity index (χ2n) is 4.54. The molecule has 0 aliphatic carbocycles. The highest BCUT2D eigenvalue weighted by Crippen LogP contribution is 2.34. The number of thiophene rings is 1. The van der Waals surface area contributed by atoms with Crippen LogP contribution >= 0.6 is 27.3 Å². The van der Waals surface area contributed by atoms with Crippen LogP contribution in [0.25, 0.3) is 0 Å². The smallest absolute Gasteiger partial charge is 0.188 e. The molecule has 0 atom stereocenters. The van der Waals surface area contributed by atoms with Crippen molar-refractivity contribution in [2.75, 3.05) is 7.11 Å². The van der Waals surface area contributed by atoms with Gasteiger partial charge in [0, 0.05) is 17.0 Å². The lowest BCUT2D eigenvalue weighted by atomic mass is 9.99. The van der Waals surface area contributed by atoms with Crippen LogP contribution in [0.4, 0.5) is 0 Å². The van der Waals surface area contributed by atoms with Gasteiger partial charge < -0.3 is 10.1 Å². The minimum absolute atomic E-state index is 0.207. The number of rotatable bonds is 6. The highest BCUT2D eigenvalue weighted by molar-refractivity contribution is 9.10. The van der Waals surface area contributed by atoms with Crippen molar-refractivity contribution >= 4 is 27.3 Å². The average molecular weight is 306 g/mol. The van der Waals surface area contributed by atoms with Gasteiger partial charge in [-0.1, -0.05) is 13.3 Å². The molecule has 0 radical (unpaired) electrons. The molecule has 1 aromatic heterocycles. The quantitative estimate of drug-likeness (QED) is 0.851. The molecule has 0 saturated heterocycles. The first kappa shape index (κ1) is 14.0. The van der Waals surface area contributed by atoms with Gasteiger partial charge >= 0.3 is 0 Å². The van der Waals surface area contributed by atoms with Crippen LogP contribution in [0, 0.1) is 0 Å². The van der Waals surface area contributed by atoms with Crippen molar-refractivity contribution in [1.82, 2.24) is 5.32 Å². The lowest BCUT2D eigenvalue weighted by molar-refractivity contribution is 0.358. The van der Waals surface area contributed by atoms with E-state index < -0.39 is 0 Å². The summed E-state index contributed by atoms with van der Waals surface area (Å²) in [5, 5.41) is 4.52. The molecule has 0 fully saturated rings. The van der Waals surface area contributed by atoms with E-state index in [0.717, 1.165) is 16.1 Å². The third-order valence-corrected chi connectivity index (χ3v) is 4.46. The lowest BCUT2D eigenvalue weighted by Crippen LogP contribution is -2.38. The molecular weight excluding hydrogens is 286 g/mol. The predicted octanol–water partition coefficient (Wildman–Crippen LogP) is 4.19. The van der Waals surface area contributed by atoms with Crippen molar-refractivity contribution in [2.24, 2.45) is 0 Å². The Morgan fingerprint density at radius 2 is 2.19 bits per heavy atom. The van der Waals surface area contributed by atoms with E-state index in [9.17, 15) is 0 Å². The normalized spacial score (nSPS) is 11.8. The second-order valence-corrected chi connectivity index (χ2v) is 6.49. The van der Waals surface area contributed by atoms with Gasteiger partial charge in [-0.25, -0.2) is 0 Å². The molecule has 0 aromatic carbocycles. The summed E-state index contributed by atoms with van der Waals surface area (Å²) in [6.07, 6.45) is 2.40. The molecule has 0 unspecified atom stereocenters. The van der Waals surface area contributed by atoms with Gasteiger partial charge in [0.25, 0.3) is 0 Å². The van der Waals surface area contributed by atoms with Crippen molar-refractivity contribution in [3.05, 3.63) is 15.4 Å². The first-order valence-corrected chi connectivity index (χ1v) is 7.16. The van der Waals surface area contributed by atoms with Crippen LogP contribution in [-0.2, 0) is 6.54 Å². The minimum Gasteiger partial charge on any atom is -0.486 e. The van der Waals surface area contributed by atoms with Crippen molar-refractivity contribution in [3.8, 4) is 5.06 Å². The second kappa shape index (κ2) is 6.03. The van der Waals surface area contributed by atoms with E-state index in [1.807, 2.05) is 0 Å². The summed E-state index contributed by atoms with van der Waals surface area (Å²) in [4.78, 5) is 1.30. The Morgan fingerprint density at radius 3 is 2.69 bits per heavy atom. The maximum Gasteiger partial charge on any atom is 0.188 e. The summed E-state index contributed by atoms with van der Waals surface area (Å²) in [5.41, 5.74) is 0.207. The SMILES string of the molecule is CCCC(C)(C)NCc1cc(Br)c(OC)s1. The number of methoxy groups -OCH3 is 1. The highest BCUT2D eigenvalue weighted by Gasteiger charge is 2.16. The molecule has 1 N–H and O–H groups in total. The third-order valence-electron chi connectivity index (χ3n) is 2.51. The Kier molecular flexibility index (Phi) is 5.28.